The minimum atomic E-state index is -0.267. The summed E-state index contributed by atoms with van der Waals surface area (Å²) in [6, 6.07) is 3.55. The van der Waals surface area contributed by atoms with Gasteiger partial charge in [-0.25, -0.2) is 4.98 Å². The van der Waals surface area contributed by atoms with E-state index in [2.05, 4.69) is 15.6 Å². The van der Waals surface area contributed by atoms with Gasteiger partial charge in [0, 0.05) is 13.7 Å². The first-order chi connectivity index (χ1) is 9.70. The number of carbonyl (C=O) groups is 1. The van der Waals surface area contributed by atoms with Crippen LogP contribution in [0.5, 0.6) is 0 Å². The number of aromatic nitrogens is 1. The van der Waals surface area contributed by atoms with Crippen molar-refractivity contribution < 1.29 is 13.9 Å². The molecule has 0 bridgehead atoms. The Kier molecular flexibility index (Phi) is 4.97. The van der Waals surface area contributed by atoms with E-state index in [4.69, 9.17) is 14.9 Å². The van der Waals surface area contributed by atoms with Crippen molar-refractivity contribution in [1.82, 2.24) is 10.3 Å². The number of thiazole rings is 1. The first kappa shape index (κ1) is 14.4. The molecular formula is C12H16N4O3S. The molecule has 20 heavy (non-hydrogen) atoms. The monoisotopic (exact) mass is 296 g/mol. The van der Waals surface area contributed by atoms with Gasteiger partial charge in [0.05, 0.1) is 19.4 Å². The highest BCUT2D eigenvalue weighted by molar-refractivity contribution is 7.18. The van der Waals surface area contributed by atoms with Crippen LogP contribution in [0.1, 0.15) is 15.4 Å². The zero-order valence-electron chi connectivity index (χ0n) is 11.0. The Labute approximate surface area is 120 Å². The van der Waals surface area contributed by atoms with Crippen LogP contribution in [-0.2, 0) is 11.3 Å². The highest BCUT2D eigenvalue weighted by atomic mass is 32.1. The summed E-state index contributed by atoms with van der Waals surface area (Å²) >= 11 is 1.21. The number of methoxy groups -OCH3 is 1. The van der Waals surface area contributed by atoms with Crippen molar-refractivity contribution in [1.29, 1.82) is 0 Å². The van der Waals surface area contributed by atoms with Gasteiger partial charge in [-0.15, -0.1) is 0 Å². The smallest absolute Gasteiger partial charge is 0.265 e. The lowest BCUT2D eigenvalue weighted by Crippen LogP contribution is -2.22. The molecule has 0 radical (unpaired) electrons. The van der Waals surface area contributed by atoms with Crippen LogP contribution in [0.15, 0.2) is 22.8 Å². The number of ether oxygens (including phenoxy) is 1. The highest BCUT2D eigenvalue weighted by Crippen LogP contribution is 2.24. The Morgan fingerprint density at radius 2 is 2.45 bits per heavy atom. The van der Waals surface area contributed by atoms with E-state index in [0.29, 0.717) is 35.5 Å². The molecule has 0 aliphatic heterocycles. The number of nitrogens with one attached hydrogen (secondary N) is 2. The van der Waals surface area contributed by atoms with Crippen LogP contribution in [0, 0.1) is 0 Å². The number of anilines is 2. The summed E-state index contributed by atoms with van der Waals surface area (Å²) in [4.78, 5) is 16.5. The minimum Gasteiger partial charge on any atom is -0.467 e. The molecular weight excluding hydrogens is 280 g/mol. The van der Waals surface area contributed by atoms with Crippen LogP contribution in [0.25, 0.3) is 0 Å². The maximum Gasteiger partial charge on any atom is 0.265 e. The largest absolute Gasteiger partial charge is 0.467 e. The van der Waals surface area contributed by atoms with E-state index in [1.807, 2.05) is 0 Å². The Balaban J connectivity index is 1.92. The summed E-state index contributed by atoms with van der Waals surface area (Å²) in [6.45, 7) is 1.48. The molecule has 2 aromatic rings. The van der Waals surface area contributed by atoms with Crippen molar-refractivity contribution in [3.63, 3.8) is 0 Å². The molecule has 8 heteroatoms. The van der Waals surface area contributed by atoms with Gasteiger partial charge in [0.1, 0.15) is 16.5 Å². The van der Waals surface area contributed by atoms with Gasteiger partial charge >= 0.3 is 0 Å². The molecule has 2 heterocycles. The maximum absolute atomic E-state index is 12.0. The van der Waals surface area contributed by atoms with Gasteiger partial charge in [-0.2, -0.15) is 0 Å². The summed E-state index contributed by atoms with van der Waals surface area (Å²) in [5.41, 5.74) is 5.74. The first-order valence-corrected chi connectivity index (χ1v) is 6.82. The lowest BCUT2D eigenvalue weighted by Gasteiger charge is -2.01. The molecule has 1 amide bonds. The Hall–Kier alpha value is -2.06. The predicted molar refractivity (Wildman–Crippen MR) is 76.8 cm³/mol. The topological polar surface area (TPSA) is 102 Å². The number of nitrogen functional groups attached to an aromatic ring is 1. The number of rotatable bonds is 7. The van der Waals surface area contributed by atoms with E-state index in [0.717, 1.165) is 0 Å². The van der Waals surface area contributed by atoms with Crippen LogP contribution in [0.4, 0.5) is 10.9 Å². The van der Waals surface area contributed by atoms with Gasteiger partial charge in [-0.1, -0.05) is 11.3 Å². The van der Waals surface area contributed by atoms with E-state index in [1.54, 1.807) is 25.5 Å². The molecule has 4 N–H and O–H groups in total. The molecule has 0 aromatic carbocycles. The van der Waals surface area contributed by atoms with Gasteiger partial charge in [-0.3, -0.25) is 4.79 Å². The molecule has 0 atom stereocenters. The number of amides is 1. The second kappa shape index (κ2) is 6.92. The van der Waals surface area contributed by atoms with E-state index in [1.165, 1.54) is 11.3 Å². The number of nitrogens with zero attached hydrogens (tertiary/aromatic N) is 1. The summed E-state index contributed by atoms with van der Waals surface area (Å²) in [6.07, 6.45) is 1.56. The lowest BCUT2D eigenvalue weighted by atomic mass is 10.4. The summed E-state index contributed by atoms with van der Waals surface area (Å²) in [7, 11) is 1.62. The van der Waals surface area contributed by atoms with Gasteiger partial charge in [0.15, 0.2) is 5.13 Å². The fourth-order valence-electron chi connectivity index (χ4n) is 1.49. The number of nitrogens with two attached hydrogens (primary N) is 1. The Morgan fingerprint density at radius 1 is 1.60 bits per heavy atom. The fraction of sp³-hybridized carbons (Fsp3) is 0.333. The van der Waals surface area contributed by atoms with Gasteiger partial charge < -0.3 is 25.5 Å². The quantitative estimate of drug-likeness (QED) is 0.666. The molecule has 2 rings (SSSR count). The molecule has 0 saturated heterocycles. The average molecular weight is 296 g/mol. The van der Waals surface area contributed by atoms with E-state index in [-0.39, 0.29) is 11.7 Å². The van der Waals surface area contributed by atoms with Gasteiger partial charge in [0.25, 0.3) is 5.91 Å². The zero-order valence-corrected chi connectivity index (χ0v) is 11.8. The molecule has 7 nitrogen and oxygen atoms in total. The third-order valence-corrected chi connectivity index (χ3v) is 3.47. The molecule has 0 spiro atoms. The van der Waals surface area contributed by atoms with Crippen molar-refractivity contribution in [3.05, 3.63) is 29.0 Å². The van der Waals surface area contributed by atoms with Gasteiger partial charge in [-0.05, 0) is 12.1 Å². The van der Waals surface area contributed by atoms with Gasteiger partial charge in [0.2, 0.25) is 0 Å². The molecule has 0 fully saturated rings. The molecule has 0 saturated carbocycles. The maximum atomic E-state index is 12.0. The number of carbonyl (C=O) groups excluding carboxylic acids is 1. The van der Waals surface area contributed by atoms with E-state index < -0.39 is 0 Å². The van der Waals surface area contributed by atoms with Crippen molar-refractivity contribution in [3.8, 4) is 0 Å². The number of hydrogen-bond donors (Lipinski definition) is 3. The summed E-state index contributed by atoms with van der Waals surface area (Å²) in [5, 5.41) is 6.36. The van der Waals surface area contributed by atoms with Crippen molar-refractivity contribution in [2.45, 2.75) is 6.54 Å². The van der Waals surface area contributed by atoms with E-state index in [9.17, 15) is 4.79 Å². The predicted octanol–water partition coefficient (Wildman–Crippen LogP) is 1.31. The number of hydrogen-bond acceptors (Lipinski definition) is 7. The fourth-order valence-corrected chi connectivity index (χ4v) is 2.32. The second-order valence-electron chi connectivity index (χ2n) is 3.91. The second-order valence-corrected chi connectivity index (χ2v) is 4.91. The van der Waals surface area contributed by atoms with Crippen molar-refractivity contribution in [2.24, 2.45) is 0 Å². The minimum absolute atomic E-state index is 0.215. The summed E-state index contributed by atoms with van der Waals surface area (Å²) in [5.74, 6) is 0.628. The Bertz CT molecular complexity index is 553. The molecule has 0 unspecified atom stereocenters. The standard InChI is InChI=1S/C12H16N4O3S/c1-18-6-4-14-12-16-10(13)9(20-12)11(17)15-7-8-3-2-5-19-8/h2-3,5H,4,6-7,13H2,1H3,(H,14,16)(H,15,17). The third-order valence-electron chi connectivity index (χ3n) is 2.45. The Morgan fingerprint density at radius 3 is 3.15 bits per heavy atom. The van der Waals surface area contributed by atoms with Crippen molar-refractivity contribution in [2.75, 3.05) is 31.3 Å². The SMILES string of the molecule is COCCNc1nc(N)c(C(=O)NCc2ccco2)s1. The normalized spacial score (nSPS) is 10.4. The molecule has 108 valence electrons. The van der Waals surface area contributed by atoms with E-state index >= 15 is 0 Å². The zero-order chi connectivity index (χ0) is 14.4. The van der Waals surface area contributed by atoms with Crippen LogP contribution < -0.4 is 16.4 Å². The number of furan rings is 1. The van der Waals surface area contributed by atoms with Crippen LogP contribution in [0.3, 0.4) is 0 Å². The third kappa shape index (κ3) is 3.72. The highest BCUT2D eigenvalue weighted by Gasteiger charge is 2.16. The molecule has 0 aliphatic rings. The lowest BCUT2D eigenvalue weighted by molar-refractivity contribution is 0.0953. The molecule has 2 aromatic heterocycles. The summed E-state index contributed by atoms with van der Waals surface area (Å²) < 4.78 is 10.1. The average Bonchev–Trinajstić information content (AvgIpc) is 3.06. The van der Waals surface area contributed by atoms with Crippen LogP contribution in [-0.4, -0.2) is 31.2 Å². The van der Waals surface area contributed by atoms with Crippen LogP contribution in [0.2, 0.25) is 0 Å². The first-order valence-electron chi connectivity index (χ1n) is 6.00. The van der Waals surface area contributed by atoms with Crippen LogP contribution >= 0.6 is 11.3 Å². The molecule has 0 aliphatic carbocycles. The van der Waals surface area contributed by atoms with Crippen molar-refractivity contribution >= 4 is 28.2 Å².